The highest BCUT2D eigenvalue weighted by molar-refractivity contribution is 7.89. The Balaban J connectivity index is 1.49. The van der Waals surface area contributed by atoms with Crippen LogP contribution in [0.3, 0.4) is 0 Å². The topological polar surface area (TPSA) is 87.3 Å². The van der Waals surface area contributed by atoms with Gasteiger partial charge in [-0.05, 0) is 49.6 Å². The van der Waals surface area contributed by atoms with Crippen molar-refractivity contribution in [1.29, 1.82) is 0 Å². The van der Waals surface area contributed by atoms with Gasteiger partial charge >= 0.3 is 0 Å². The lowest BCUT2D eigenvalue weighted by molar-refractivity contribution is 0.0953. The number of nitrogens with one attached hydrogen (secondary N) is 3. The molecule has 150 valence electrons. The van der Waals surface area contributed by atoms with Gasteiger partial charge in [0.2, 0.25) is 10.0 Å². The summed E-state index contributed by atoms with van der Waals surface area (Å²) in [6.07, 6.45) is 4.61. The minimum absolute atomic E-state index is 0.000373. The molecule has 0 heterocycles. The van der Waals surface area contributed by atoms with Gasteiger partial charge in [0.05, 0.1) is 4.90 Å². The molecular formula is C21H27N3O3S. The number of para-hydroxylation sites is 1. The Hall–Kier alpha value is -2.38. The molecule has 1 fully saturated rings. The third kappa shape index (κ3) is 5.81. The van der Waals surface area contributed by atoms with Crippen molar-refractivity contribution >= 4 is 21.6 Å². The second kappa shape index (κ2) is 9.71. The highest BCUT2D eigenvalue weighted by Gasteiger charge is 2.23. The zero-order chi connectivity index (χ0) is 19.8. The summed E-state index contributed by atoms with van der Waals surface area (Å²) < 4.78 is 27.8. The van der Waals surface area contributed by atoms with Gasteiger partial charge < -0.3 is 10.6 Å². The zero-order valence-electron chi connectivity index (χ0n) is 15.9. The lowest BCUT2D eigenvalue weighted by Gasteiger charge is -2.13. The van der Waals surface area contributed by atoms with Gasteiger partial charge in [-0.2, -0.15) is 0 Å². The largest absolute Gasteiger partial charge is 0.385 e. The van der Waals surface area contributed by atoms with Crippen molar-refractivity contribution in [3.63, 3.8) is 0 Å². The van der Waals surface area contributed by atoms with Crippen molar-refractivity contribution in [2.75, 3.05) is 18.4 Å². The maximum Gasteiger partial charge on any atom is 0.251 e. The smallest absolute Gasteiger partial charge is 0.251 e. The summed E-state index contributed by atoms with van der Waals surface area (Å²) in [6.45, 7) is 1.25. The van der Waals surface area contributed by atoms with Crippen LogP contribution in [-0.2, 0) is 10.0 Å². The first-order valence-electron chi connectivity index (χ1n) is 9.74. The summed E-state index contributed by atoms with van der Waals surface area (Å²) in [5, 5.41) is 6.13. The van der Waals surface area contributed by atoms with E-state index < -0.39 is 10.0 Å². The van der Waals surface area contributed by atoms with Gasteiger partial charge in [0.25, 0.3) is 5.91 Å². The molecule has 7 heteroatoms. The van der Waals surface area contributed by atoms with Crippen LogP contribution >= 0.6 is 0 Å². The van der Waals surface area contributed by atoms with E-state index >= 15 is 0 Å². The molecule has 1 amide bonds. The Bertz CT molecular complexity index is 879. The molecule has 0 radical (unpaired) electrons. The lowest BCUT2D eigenvalue weighted by Crippen LogP contribution is -2.33. The Morgan fingerprint density at radius 3 is 2.46 bits per heavy atom. The first-order chi connectivity index (χ1) is 13.5. The van der Waals surface area contributed by atoms with Gasteiger partial charge in [0.15, 0.2) is 0 Å². The standard InChI is InChI=1S/C21H27N3O3S/c25-21(23-15-7-14-22-18-9-2-1-3-10-18)17-8-6-13-20(16-17)28(26,27)24-19-11-4-5-12-19/h1-3,6,8-10,13,16,19,22,24H,4-5,7,11-12,14-15H2,(H,23,25). The first kappa shape index (κ1) is 20.4. The maximum atomic E-state index is 12.5. The van der Waals surface area contributed by atoms with Crippen LogP contribution in [0, 0.1) is 0 Å². The summed E-state index contributed by atoms with van der Waals surface area (Å²) in [4.78, 5) is 12.5. The van der Waals surface area contributed by atoms with Crippen LogP contribution in [0.4, 0.5) is 5.69 Å². The van der Waals surface area contributed by atoms with E-state index in [-0.39, 0.29) is 16.8 Å². The van der Waals surface area contributed by atoms with Crippen LogP contribution in [0.15, 0.2) is 59.5 Å². The van der Waals surface area contributed by atoms with Crippen molar-refractivity contribution in [1.82, 2.24) is 10.0 Å². The molecule has 1 saturated carbocycles. The monoisotopic (exact) mass is 401 g/mol. The molecule has 3 N–H and O–H groups in total. The van der Waals surface area contributed by atoms with E-state index in [9.17, 15) is 13.2 Å². The number of benzene rings is 2. The van der Waals surface area contributed by atoms with Crippen LogP contribution in [0.5, 0.6) is 0 Å². The van der Waals surface area contributed by atoms with Crippen LogP contribution in [0.25, 0.3) is 0 Å². The van der Waals surface area contributed by atoms with E-state index in [1.807, 2.05) is 30.3 Å². The number of anilines is 1. The summed E-state index contributed by atoms with van der Waals surface area (Å²) in [5.74, 6) is -0.266. The molecule has 0 bridgehead atoms. The second-order valence-electron chi connectivity index (χ2n) is 7.03. The average molecular weight is 402 g/mol. The highest BCUT2D eigenvalue weighted by Crippen LogP contribution is 2.20. The van der Waals surface area contributed by atoms with Crippen molar-refractivity contribution < 1.29 is 13.2 Å². The highest BCUT2D eigenvalue weighted by atomic mass is 32.2. The Morgan fingerprint density at radius 2 is 1.71 bits per heavy atom. The SMILES string of the molecule is O=C(NCCCNc1ccccc1)c1cccc(S(=O)(=O)NC2CCCC2)c1. The van der Waals surface area contributed by atoms with Gasteiger partial charge in [-0.25, -0.2) is 13.1 Å². The normalized spacial score (nSPS) is 14.7. The number of sulfonamides is 1. The molecule has 6 nitrogen and oxygen atoms in total. The van der Waals surface area contributed by atoms with E-state index in [2.05, 4.69) is 15.4 Å². The van der Waals surface area contributed by atoms with E-state index in [0.717, 1.165) is 44.3 Å². The molecule has 1 aliphatic carbocycles. The number of amides is 1. The Morgan fingerprint density at radius 1 is 0.964 bits per heavy atom. The van der Waals surface area contributed by atoms with Gasteiger partial charge in [-0.1, -0.05) is 37.1 Å². The van der Waals surface area contributed by atoms with Gasteiger partial charge in [-0.15, -0.1) is 0 Å². The number of hydrogen-bond acceptors (Lipinski definition) is 4. The molecule has 0 unspecified atom stereocenters. The zero-order valence-corrected chi connectivity index (χ0v) is 16.7. The quantitative estimate of drug-likeness (QED) is 0.564. The fourth-order valence-corrected chi connectivity index (χ4v) is 4.67. The Labute approximate surface area is 166 Å². The van der Waals surface area contributed by atoms with Crippen molar-refractivity contribution in [3.8, 4) is 0 Å². The third-order valence-electron chi connectivity index (χ3n) is 4.83. The minimum Gasteiger partial charge on any atom is -0.385 e. The predicted molar refractivity (Wildman–Crippen MR) is 111 cm³/mol. The van der Waals surface area contributed by atoms with Gasteiger partial charge in [0, 0.05) is 30.4 Å². The number of rotatable bonds is 9. The molecule has 2 aromatic rings. The molecule has 0 aromatic heterocycles. The second-order valence-corrected chi connectivity index (χ2v) is 8.75. The van der Waals surface area contributed by atoms with Crippen LogP contribution in [0.1, 0.15) is 42.5 Å². The number of carbonyl (C=O) groups excluding carboxylic acids is 1. The first-order valence-corrected chi connectivity index (χ1v) is 11.2. The van der Waals surface area contributed by atoms with Crippen molar-refractivity contribution in [2.45, 2.75) is 43.0 Å². The minimum atomic E-state index is -3.60. The number of carbonyl (C=O) groups is 1. The lowest BCUT2D eigenvalue weighted by atomic mass is 10.2. The van der Waals surface area contributed by atoms with E-state index in [1.165, 1.54) is 12.1 Å². The average Bonchev–Trinajstić information content (AvgIpc) is 3.21. The molecule has 0 saturated heterocycles. The molecule has 0 spiro atoms. The summed E-state index contributed by atoms with van der Waals surface area (Å²) >= 11 is 0. The number of hydrogen-bond donors (Lipinski definition) is 3. The fraction of sp³-hybridized carbons (Fsp3) is 0.381. The molecule has 0 atom stereocenters. The molecule has 28 heavy (non-hydrogen) atoms. The third-order valence-corrected chi connectivity index (χ3v) is 6.34. The maximum absolute atomic E-state index is 12.5. The van der Waals surface area contributed by atoms with Crippen LogP contribution in [0.2, 0.25) is 0 Å². The van der Waals surface area contributed by atoms with Crippen molar-refractivity contribution in [2.24, 2.45) is 0 Å². The Kier molecular flexibility index (Phi) is 7.06. The van der Waals surface area contributed by atoms with Crippen LogP contribution in [-0.4, -0.2) is 33.5 Å². The van der Waals surface area contributed by atoms with E-state index in [1.54, 1.807) is 12.1 Å². The molecule has 1 aliphatic rings. The molecular weight excluding hydrogens is 374 g/mol. The van der Waals surface area contributed by atoms with E-state index in [4.69, 9.17) is 0 Å². The van der Waals surface area contributed by atoms with Crippen LogP contribution < -0.4 is 15.4 Å². The predicted octanol–water partition coefficient (Wildman–Crippen LogP) is 3.14. The molecule has 0 aliphatic heterocycles. The summed E-state index contributed by atoms with van der Waals surface area (Å²) in [5.41, 5.74) is 1.40. The fourth-order valence-electron chi connectivity index (χ4n) is 3.32. The summed E-state index contributed by atoms with van der Waals surface area (Å²) in [7, 11) is -3.60. The van der Waals surface area contributed by atoms with Crippen molar-refractivity contribution in [3.05, 3.63) is 60.2 Å². The summed E-state index contributed by atoms with van der Waals surface area (Å²) in [6, 6.07) is 16.1. The molecule has 3 rings (SSSR count). The van der Waals surface area contributed by atoms with E-state index in [0.29, 0.717) is 12.1 Å². The van der Waals surface area contributed by atoms with Gasteiger partial charge in [0.1, 0.15) is 0 Å². The molecule has 2 aromatic carbocycles. The van der Waals surface area contributed by atoms with Gasteiger partial charge in [-0.3, -0.25) is 4.79 Å².